The van der Waals surface area contributed by atoms with E-state index in [0.717, 1.165) is 38.3 Å². The van der Waals surface area contributed by atoms with Crippen LogP contribution in [0.4, 0.5) is 14.0 Å². The van der Waals surface area contributed by atoms with Crippen LogP contribution in [0.1, 0.15) is 89.7 Å². The van der Waals surface area contributed by atoms with E-state index in [4.69, 9.17) is 26.8 Å². The van der Waals surface area contributed by atoms with Crippen molar-refractivity contribution in [3.8, 4) is 0 Å². The number of pyridine rings is 1. The Bertz CT molecular complexity index is 1880. The van der Waals surface area contributed by atoms with Crippen LogP contribution in [0.25, 0.3) is 0 Å². The van der Waals surface area contributed by atoms with E-state index in [1.54, 1.807) is 32.9 Å². The molecule has 0 radical (unpaired) electrons. The Hall–Kier alpha value is -4.51. The largest absolute Gasteiger partial charge is 0.444 e. The van der Waals surface area contributed by atoms with Gasteiger partial charge in [0.05, 0.1) is 13.1 Å². The summed E-state index contributed by atoms with van der Waals surface area (Å²) in [5.41, 5.74) is 5.93. The molecule has 2 aliphatic heterocycles. The quantitative estimate of drug-likeness (QED) is 0.169. The fourth-order valence-electron chi connectivity index (χ4n) is 6.99. The molecule has 0 spiro atoms. The van der Waals surface area contributed by atoms with Crippen LogP contribution in [0, 0.1) is 17.7 Å². The minimum absolute atomic E-state index is 0.0275. The molecule has 18 heteroatoms. The number of hydrogen-bond acceptors (Lipinski definition) is 10. The third-order valence-corrected chi connectivity index (χ3v) is 11.4. The van der Waals surface area contributed by atoms with Gasteiger partial charge in [-0.05, 0) is 69.7 Å². The molecule has 15 nitrogen and oxygen atoms in total. The number of likely N-dealkylation sites (tertiary alicyclic amines) is 1. The number of hydrogen-bond donors (Lipinski definition) is 3. The van der Waals surface area contributed by atoms with E-state index in [1.165, 1.54) is 28.0 Å². The number of nitrogens with two attached hydrogens (primary N) is 1. The molecule has 5 amide bonds. The average molecular weight is 807 g/mol. The maximum atomic E-state index is 14.3. The number of rotatable bonds is 15. The van der Waals surface area contributed by atoms with Crippen LogP contribution >= 0.6 is 11.6 Å². The van der Waals surface area contributed by atoms with Gasteiger partial charge in [0.2, 0.25) is 17.7 Å². The minimum atomic E-state index is -4.04. The van der Waals surface area contributed by atoms with Crippen LogP contribution in [0.15, 0.2) is 41.4 Å². The first kappa shape index (κ1) is 41.6. The molecule has 2 aromatic rings. The van der Waals surface area contributed by atoms with Gasteiger partial charge in [0.15, 0.2) is 0 Å². The van der Waals surface area contributed by atoms with Crippen LogP contribution in [0.3, 0.4) is 0 Å². The Balaban J connectivity index is 1.08. The number of fused-ring (bicyclic) bond motifs is 1. The summed E-state index contributed by atoms with van der Waals surface area (Å²) in [6, 6.07) is 5.11. The standard InChI is InChI=1S/C37H48ClFN6O9S/c1-37(2,3)54-35(49)42-29(13-8-6-4-5-7-10-22-16-26(22)33(47)43-55(51,52)25-14-15-31(38)41-18-25)34(48)45-20-24(17-30(45)32(40)46)53-36(50)44-19-23-11-9-12-28(39)27(23)21-44/h9,11-12,14-15,18,22,24,26,29-30H,4-8,10,13,16-17,19-21H2,1-3H3,(H2,40,46)(H,42,49)(H,43,47)/t22-,24-,26+,29+,30+/m1/s1. The van der Waals surface area contributed by atoms with Gasteiger partial charge in [-0.2, -0.15) is 0 Å². The van der Waals surface area contributed by atoms with Gasteiger partial charge in [-0.15, -0.1) is 0 Å². The first-order chi connectivity index (χ1) is 25.9. The number of benzene rings is 1. The van der Waals surface area contributed by atoms with E-state index < -0.39 is 69.5 Å². The zero-order chi connectivity index (χ0) is 40.1. The number of ether oxygens (including phenoxy) is 2. The lowest BCUT2D eigenvalue weighted by Gasteiger charge is -2.28. The molecule has 3 heterocycles. The van der Waals surface area contributed by atoms with Gasteiger partial charge in [-0.3, -0.25) is 19.3 Å². The Morgan fingerprint density at radius 3 is 2.44 bits per heavy atom. The molecule has 1 aliphatic carbocycles. The highest BCUT2D eigenvalue weighted by atomic mass is 35.5. The molecule has 4 N–H and O–H groups in total. The lowest BCUT2D eigenvalue weighted by Crippen LogP contribution is -2.53. The summed E-state index contributed by atoms with van der Waals surface area (Å²) in [7, 11) is -4.04. The first-order valence-corrected chi connectivity index (χ1v) is 20.3. The normalized spacial score (nSPS) is 21.0. The van der Waals surface area contributed by atoms with Crippen molar-refractivity contribution in [2.24, 2.45) is 17.6 Å². The van der Waals surface area contributed by atoms with Crippen LogP contribution in [-0.4, -0.2) is 83.4 Å². The van der Waals surface area contributed by atoms with E-state index in [-0.39, 0.29) is 54.4 Å². The summed E-state index contributed by atoms with van der Waals surface area (Å²) in [4.78, 5) is 71.0. The van der Waals surface area contributed by atoms with E-state index >= 15 is 0 Å². The Kier molecular flexibility index (Phi) is 13.3. The highest BCUT2D eigenvalue weighted by molar-refractivity contribution is 7.90. The monoisotopic (exact) mass is 806 g/mol. The van der Waals surface area contributed by atoms with Crippen molar-refractivity contribution in [1.29, 1.82) is 0 Å². The fourth-order valence-corrected chi connectivity index (χ4v) is 8.08. The molecule has 1 aromatic heterocycles. The molecule has 5 atom stereocenters. The number of sulfonamides is 1. The van der Waals surface area contributed by atoms with E-state index in [2.05, 4.69) is 15.0 Å². The summed E-state index contributed by atoms with van der Waals surface area (Å²) < 4.78 is 52.5. The molecule has 0 bridgehead atoms. The number of halogens is 2. The second-order valence-corrected chi connectivity index (χ2v) is 17.4. The molecule has 300 valence electrons. The number of amides is 5. The van der Waals surface area contributed by atoms with Crippen molar-refractivity contribution in [1.82, 2.24) is 24.8 Å². The molecule has 1 saturated heterocycles. The lowest BCUT2D eigenvalue weighted by molar-refractivity contribution is -0.139. The third-order valence-electron chi connectivity index (χ3n) is 9.89. The zero-order valence-corrected chi connectivity index (χ0v) is 32.7. The van der Waals surface area contributed by atoms with Crippen LogP contribution in [0.5, 0.6) is 0 Å². The maximum absolute atomic E-state index is 14.3. The van der Waals surface area contributed by atoms with Gasteiger partial charge in [-0.25, -0.2) is 32.1 Å². The smallest absolute Gasteiger partial charge is 0.410 e. The number of alkyl carbamates (subject to hydrolysis) is 1. The number of nitrogens with one attached hydrogen (secondary N) is 2. The second-order valence-electron chi connectivity index (χ2n) is 15.3. The lowest BCUT2D eigenvalue weighted by atomic mass is 10.0. The molecule has 3 aliphatic rings. The van der Waals surface area contributed by atoms with E-state index in [0.29, 0.717) is 24.0 Å². The van der Waals surface area contributed by atoms with Gasteiger partial charge >= 0.3 is 12.2 Å². The SMILES string of the molecule is CC(C)(C)OC(=O)N[C@@H](CCCCCCC[C@@H]1C[C@@H]1C(=O)NS(=O)(=O)c1ccc(Cl)nc1)C(=O)N1C[C@H](OC(=O)N2Cc3cccc(F)c3C2)C[C@H]1C(N)=O. The van der Waals surface area contributed by atoms with Crippen molar-refractivity contribution < 1.29 is 46.3 Å². The molecule has 1 aromatic carbocycles. The van der Waals surface area contributed by atoms with Crippen LogP contribution < -0.4 is 15.8 Å². The molecule has 0 unspecified atom stereocenters. The van der Waals surface area contributed by atoms with Crippen molar-refractivity contribution >= 4 is 51.5 Å². The van der Waals surface area contributed by atoms with E-state index in [9.17, 15) is 36.8 Å². The summed E-state index contributed by atoms with van der Waals surface area (Å²) in [6.45, 7) is 5.15. The van der Waals surface area contributed by atoms with Gasteiger partial charge in [0.25, 0.3) is 10.0 Å². The molecular weight excluding hydrogens is 759 g/mol. The van der Waals surface area contributed by atoms with Gasteiger partial charge < -0.3 is 25.4 Å². The summed E-state index contributed by atoms with van der Waals surface area (Å²) in [5, 5.41) is 2.79. The van der Waals surface area contributed by atoms with Crippen molar-refractivity contribution in [3.05, 3.63) is 58.6 Å². The molecule has 2 fully saturated rings. The predicted molar refractivity (Wildman–Crippen MR) is 197 cm³/mol. The number of aromatic nitrogens is 1. The highest BCUT2D eigenvalue weighted by Gasteiger charge is 2.45. The summed E-state index contributed by atoms with van der Waals surface area (Å²) >= 11 is 5.72. The fraction of sp³-hybridized carbons (Fsp3) is 0.568. The van der Waals surface area contributed by atoms with Crippen molar-refractivity contribution in [2.45, 2.75) is 120 Å². The molecule has 55 heavy (non-hydrogen) atoms. The predicted octanol–water partition coefficient (Wildman–Crippen LogP) is 4.55. The average Bonchev–Trinajstić information content (AvgIpc) is 3.52. The van der Waals surface area contributed by atoms with Gasteiger partial charge in [0.1, 0.15) is 39.7 Å². The third kappa shape index (κ3) is 11.3. The highest BCUT2D eigenvalue weighted by Crippen LogP contribution is 2.43. The molecule has 5 rings (SSSR count). The van der Waals surface area contributed by atoms with Gasteiger partial charge in [-0.1, -0.05) is 55.8 Å². The van der Waals surface area contributed by atoms with Crippen molar-refractivity contribution in [3.63, 3.8) is 0 Å². The Morgan fingerprint density at radius 1 is 1.04 bits per heavy atom. The van der Waals surface area contributed by atoms with Crippen molar-refractivity contribution in [2.75, 3.05) is 6.54 Å². The number of carbonyl (C=O) groups excluding carboxylic acids is 5. The Morgan fingerprint density at radius 2 is 1.76 bits per heavy atom. The number of nitrogens with zero attached hydrogens (tertiary/aromatic N) is 3. The van der Waals surface area contributed by atoms with Crippen LogP contribution in [-0.2, 0) is 47.0 Å². The second kappa shape index (κ2) is 17.5. The van der Waals surface area contributed by atoms with Gasteiger partial charge in [0, 0.05) is 30.6 Å². The topological polar surface area (TPSA) is 207 Å². The maximum Gasteiger partial charge on any atom is 0.410 e. The number of carbonyl (C=O) groups is 5. The number of primary amides is 1. The summed E-state index contributed by atoms with van der Waals surface area (Å²) in [5.74, 6) is -2.58. The summed E-state index contributed by atoms with van der Waals surface area (Å²) in [6.07, 6.45) is 4.07. The van der Waals surface area contributed by atoms with E-state index in [1.807, 2.05) is 0 Å². The molecular formula is C37H48ClFN6O9S. The van der Waals surface area contributed by atoms with Crippen LogP contribution in [0.2, 0.25) is 5.15 Å². The molecule has 1 saturated carbocycles. The number of unbranched alkanes of at least 4 members (excludes halogenated alkanes) is 4. The Labute approximate surface area is 324 Å². The zero-order valence-electron chi connectivity index (χ0n) is 31.1. The minimum Gasteiger partial charge on any atom is -0.444 e. The first-order valence-electron chi connectivity index (χ1n) is 18.4.